The van der Waals surface area contributed by atoms with E-state index < -0.39 is 10.5 Å². The molecule has 0 atom stereocenters. The minimum atomic E-state index is -0.626. The Balaban J connectivity index is 2.69. The average molecular weight is 264 g/mol. The number of aromatic nitrogens is 1. The van der Waals surface area contributed by atoms with Gasteiger partial charge < -0.3 is 14.8 Å². The van der Waals surface area contributed by atoms with E-state index in [-0.39, 0.29) is 28.8 Å². The first-order valence-electron chi connectivity index (χ1n) is 5.60. The van der Waals surface area contributed by atoms with Crippen molar-refractivity contribution in [2.24, 2.45) is 0 Å². The summed E-state index contributed by atoms with van der Waals surface area (Å²) in [5, 5.41) is 20.9. The summed E-state index contributed by atoms with van der Waals surface area (Å²) in [5.41, 5.74) is -0.605. The third-order valence-corrected chi connectivity index (χ3v) is 2.49. The molecule has 0 saturated heterocycles. The molecule has 0 saturated carbocycles. The monoisotopic (exact) mass is 264 g/mol. The minimum absolute atomic E-state index is 0.167. The minimum Gasteiger partial charge on any atom is -0.504 e. The zero-order chi connectivity index (χ0) is 14.2. The molecule has 0 radical (unpaired) electrons. The summed E-state index contributed by atoms with van der Waals surface area (Å²) in [4.78, 5) is 24.3. The SMILES string of the molecule is CC(C)Oc1c(O)c2ccc([N+](=O)[O-])cc2[nH]c1=O. The Labute approximate surface area is 107 Å². The lowest BCUT2D eigenvalue weighted by Crippen LogP contribution is -2.16. The van der Waals surface area contributed by atoms with Crippen LogP contribution in [0.3, 0.4) is 0 Å². The molecule has 1 aromatic carbocycles. The molecule has 1 aromatic heterocycles. The Morgan fingerprint density at radius 2 is 2.11 bits per heavy atom. The lowest BCUT2D eigenvalue weighted by Gasteiger charge is -2.11. The Morgan fingerprint density at radius 1 is 1.42 bits per heavy atom. The van der Waals surface area contributed by atoms with Gasteiger partial charge in [0.1, 0.15) is 0 Å². The molecule has 0 spiro atoms. The Bertz CT molecular complexity index is 705. The molecule has 19 heavy (non-hydrogen) atoms. The van der Waals surface area contributed by atoms with Crippen molar-refractivity contribution >= 4 is 16.6 Å². The van der Waals surface area contributed by atoms with Crippen LogP contribution in [0, 0.1) is 10.1 Å². The van der Waals surface area contributed by atoms with E-state index in [4.69, 9.17) is 4.74 Å². The van der Waals surface area contributed by atoms with Gasteiger partial charge in [0, 0.05) is 17.5 Å². The normalized spacial score (nSPS) is 10.9. The number of aromatic hydroxyl groups is 1. The quantitative estimate of drug-likeness (QED) is 0.650. The maximum absolute atomic E-state index is 11.8. The molecule has 0 bridgehead atoms. The Kier molecular flexibility index (Phi) is 3.12. The van der Waals surface area contributed by atoms with Crippen molar-refractivity contribution in [2.75, 3.05) is 0 Å². The number of nitro benzene ring substituents is 1. The largest absolute Gasteiger partial charge is 0.504 e. The van der Waals surface area contributed by atoms with Crippen LogP contribution in [0.4, 0.5) is 5.69 Å². The highest BCUT2D eigenvalue weighted by Gasteiger charge is 2.16. The first-order valence-corrected chi connectivity index (χ1v) is 5.60. The average Bonchev–Trinajstić information content (AvgIpc) is 2.33. The van der Waals surface area contributed by atoms with Gasteiger partial charge in [-0.05, 0) is 19.9 Å². The van der Waals surface area contributed by atoms with Crippen LogP contribution in [0.1, 0.15) is 13.8 Å². The maximum atomic E-state index is 11.8. The maximum Gasteiger partial charge on any atom is 0.294 e. The molecule has 1 heterocycles. The van der Waals surface area contributed by atoms with Crippen LogP contribution < -0.4 is 10.3 Å². The zero-order valence-electron chi connectivity index (χ0n) is 10.3. The smallest absolute Gasteiger partial charge is 0.294 e. The third-order valence-electron chi connectivity index (χ3n) is 2.49. The molecule has 0 unspecified atom stereocenters. The van der Waals surface area contributed by atoms with E-state index in [0.29, 0.717) is 5.39 Å². The van der Waals surface area contributed by atoms with E-state index in [1.54, 1.807) is 13.8 Å². The number of aromatic amines is 1. The first-order chi connectivity index (χ1) is 8.90. The summed E-state index contributed by atoms with van der Waals surface area (Å²) in [7, 11) is 0. The van der Waals surface area contributed by atoms with Crippen molar-refractivity contribution in [1.82, 2.24) is 4.98 Å². The number of non-ortho nitro benzene ring substituents is 1. The van der Waals surface area contributed by atoms with Gasteiger partial charge in [-0.25, -0.2) is 0 Å². The summed E-state index contributed by atoms with van der Waals surface area (Å²) >= 11 is 0. The molecular formula is C12H12N2O5. The Hall–Kier alpha value is -2.57. The van der Waals surface area contributed by atoms with E-state index >= 15 is 0 Å². The molecule has 0 aliphatic carbocycles. The molecule has 2 aromatic rings. The fraction of sp³-hybridized carbons (Fsp3) is 0.250. The van der Waals surface area contributed by atoms with E-state index in [2.05, 4.69) is 4.98 Å². The summed E-state index contributed by atoms with van der Waals surface area (Å²) < 4.78 is 5.23. The van der Waals surface area contributed by atoms with Crippen molar-refractivity contribution in [3.63, 3.8) is 0 Å². The fourth-order valence-corrected chi connectivity index (χ4v) is 1.71. The molecule has 7 heteroatoms. The van der Waals surface area contributed by atoms with E-state index in [1.165, 1.54) is 18.2 Å². The van der Waals surface area contributed by atoms with Crippen LogP contribution in [-0.2, 0) is 0 Å². The molecule has 2 N–H and O–H groups in total. The molecule has 0 amide bonds. The highest BCUT2D eigenvalue weighted by molar-refractivity contribution is 5.88. The van der Waals surface area contributed by atoms with Crippen LogP contribution in [0.5, 0.6) is 11.5 Å². The number of benzene rings is 1. The van der Waals surface area contributed by atoms with E-state index in [0.717, 1.165) is 0 Å². The number of hydrogen-bond donors (Lipinski definition) is 2. The number of H-pyrrole nitrogens is 1. The summed E-state index contributed by atoms with van der Waals surface area (Å²) in [6, 6.07) is 3.81. The van der Waals surface area contributed by atoms with Gasteiger partial charge in [0.15, 0.2) is 5.75 Å². The third kappa shape index (κ3) is 2.35. The lowest BCUT2D eigenvalue weighted by atomic mass is 10.2. The number of nitrogens with zero attached hydrogens (tertiary/aromatic N) is 1. The highest BCUT2D eigenvalue weighted by Crippen LogP contribution is 2.32. The lowest BCUT2D eigenvalue weighted by molar-refractivity contribution is -0.384. The van der Waals surface area contributed by atoms with Gasteiger partial charge >= 0.3 is 0 Å². The summed E-state index contributed by atoms with van der Waals surface area (Å²) in [6.07, 6.45) is -0.275. The van der Waals surface area contributed by atoms with Crippen molar-refractivity contribution in [1.29, 1.82) is 0 Å². The topological polar surface area (TPSA) is 105 Å². The van der Waals surface area contributed by atoms with Crippen LogP contribution in [0.2, 0.25) is 0 Å². The van der Waals surface area contributed by atoms with Crippen molar-refractivity contribution in [3.8, 4) is 11.5 Å². The molecule has 2 rings (SSSR count). The first kappa shape index (κ1) is 12.9. The Morgan fingerprint density at radius 3 is 2.68 bits per heavy atom. The van der Waals surface area contributed by atoms with Crippen LogP contribution in [0.15, 0.2) is 23.0 Å². The summed E-state index contributed by atoms with van der Waals surface area (Å²) in [6.45, 7) is 3.44. The second-order valence-corrected chi connectivity index (χ2v) is 4.29. The predicted molar refractivity (Wildman–Crippen MR) is 68.7 cm³/mol. The highest BCUT2D eigenvalue weighted by atomic mass is 16.6. The van der Waals surface area contributed by atoms with Crippen LogP contribution in [-0.4, -0.2) is 21.1 Å². The molecule has 0 fully saturated rings. The number of hydrogen-bond acceptors (Lipinski definition) is 5. The number of nitrogens with one attached hydrogen (secondary N) is 1. The zero-order valence-corrected chi connectivity index (χ0v) is 10.3. The van der Waals surface area contributed by atoms with E-state index in [1.807, 2.05) is 0 Å². The summed E-state index contributed by atoms with van der Waals surface area (Å²) in [5.74, 6) is -0.501. The van der Waals surface area contributed by atoms with Gasteiger partial charge in [-0.3, -0.25) is 14.9 Å². The second-order valence-electron chi connectivity index (χ2n) is 4.29. The molecule has 0 aliphatic heterocycles. The van der Waals surface area contributed by atoms with Crippen LogP contribution in [0.25, 0.3) is 10.9 Å². The van der Waals surface area contributed by atoms with Gasteiger partial charge in [0.25, 0.3) is 11.2 Å². The number of pyridine rings is 1. The fourth-order valence-electron chi connectivity index (χ4n) is 1.71. The standard InChI is InChI=1S/C12H12N2O5/c1-6(2)19-11-10(15)8-4-3-7(14(17)18)5-9(8)13-12(11)16/h3-6H,1-2H3,(H2,13,15,16). The molecule has 100 valence electrons. The number of rotatable bonds is 3. The van der Waals surface area contributed by atoms with Crippen molar-refractivity contribution in [3.05, 3.63) is 38.7 Å². The molecule has 7 nitrogen and oxygen atoms in total. The van der Waals surface area contributed by atoms with Crippen LogP contribution >= 0.6 is 0 Å². The number of ether oxygens (including phenoxy) is 1. The molecule has 0 aliphatic rings. The van der Waals surface area contributed by atoms with Gasteiger partial charge in [0.2, 0.25) is 5.75 Å². The number of nitro groups is 1. The second kappa shape index (κ2) is 4.60. The number of fused-ring (bicyclic) bond motifs is 1. The van der Waals surface area contributed by atoms with Crippen molar-refractivity contribution in [2.45, 2.75) is 20.0 Å². The molecular weight excluding hydrogens is 252 g/mol. The van der Waals surface area contributed by atoms with Gasteiger partial charge in [-0.2, -0.15) is 0 Å². The predicted octanol–water partition coefficient (Wildman–Crippen LogP) is 1.93. The van der Waals surface area contributed by atoms with Gasteiger partial charge in [0.05, 0.1) is 16.5 Å². The van der Waals surface area contributed by atoms with Gasteiger partial charge in [-0.1, -0.05) is 0 Å². The van der Waals surface area contributed by atoms with Crippen molar-refractivity contribution < 1.29 is 14.8 Å². The van der Waals surface area contributed by atoms with Gasteiger partial charge in [-0.15, -0.1) is 0 Å². The van der Waals surface area contributed by atoms with E-state index in [9.17, 15) is 20.0 Å².